The first-order valence-corrected chi connectivity index (χ1v) is 6.61. The molecule has 20 heavy (non-hydrogen) atoms. The van der Waals surface area contributed by atoms with E-state index in [1.54, 1.807) is 24.3 Å². The van der Waals surface area contributed by atoms with Gasteiger partial charge in [0.1, 0.15) is 0 Å². The van der Waals surface area contributed by atoms with Crippen molar-refractivity contribution in [2.45, 2.75) is 13.8 Å². The topological polar surface area (TPSA) is 37.4 Å². The minimum Gasteiger partial charge on any atom is -0.306 e. The van der Waals surface area contributed by atoms with Crippen LogP contribution in [0.15, 0.2) is 54.6 Å². The smallest absolute Gasteiger partial charge is 0.299 e. The summed E-state index contributed by atoms with van der Waals surface area (Å²) in [7, 11) is 0. The van der Waals surface area contributed by atoms with Gasteiger partial charge in [-0.25, -0.2) is 0 Å². The van der Waals surface area contributed by atoms with E-state index < -0.39 is 11.7 Å². The Bertz CT molecular complexity index is 603. The van der Waals surface area contributed by atoms with Crippen molar-refractivity contribution in [3.05, 3.63) is 65.7 Å². The molecule has 2 aromatic carbocycles. The van der Waals surface area contributed by atoms with E-state index in [2.05, 4.69) is 0 Å². The fourth-order valence-electron chi connectivity index (χ4n) is 2.00. The number of carbonyl (C=O) groups is 2. The second-order valence-electron chi connectivity index (χ2n) is 4.58. The van der Waals surface area contributed by atoms with Gasteiger partial charge in [0.05, 0.1) is 0 Å². The van der Waals surface area contributed by atoms with E-state index >= 15 is 0 Å². The number of nitrogens with zero attached hydrogens (tertiary/aromatic N) is 1. The van der Waals surface area contributed by atoms with Crippen LogP contribution in [0, 0.1) is 6.92 Å². The predicted octanol–water partition coefficient (Wildman–Crippen LogP) is 3.23. The molecule has 102 valence electrons. The number of ketones is 1. The number of hydrogen-bond donors (Lipinski definition) is 0. The number of hydrogen-bond acceptors (Lipinski definition) is 2. The van der Waals surface area contributed by atoms with Gasteiger partial charge in [0.2, 0.25) is 0 Å². The maximum atomic E-state index is 12.3. The molecule has 3 heteroatoms. The Morgan fingerprint density at radius 3 is 2.10 bits per heavy atom. The van der Waals surface area contributed by atoms with Crippen molar-refractivity contribution < 1.29 is 9.59 Å². The zero-order valence-electron chi connectivity index (χ0n) is 11.7. The van der Waals surface area contributed by atoms with Gasteiger partial charge in [0.15, 0.2) is 0 Å². The molecule has 0 fully saturated rings. The summed E-state index contributed by atoms with van der Waals surface area (Å²) in [6.07, 6.45) is 0. The lowest BCUT2D eigenvalue weighted by Crippen LogP contribution is -2.36. The fourth-order valence-corrected chi connectivity index (χ4v) is 2.00. The standard InChI is InChI=1S/C17H17NO2/c1-3-18(15-11-9-13(2)10-12-15)17(20)16(19)14-7-5-4-6-8-14/h4-12H,3H2,1-2H3. The van der Waals surface area contributed by atoms with E-state index in [0.29, 0.717) is 12.1 Å². The maximum Gasteiger partial charge on any atom is 0.299 e. The van der Waals surface area contributed by atoms with Crippen LogP contribution in [0.4, 0.5) is 5.69 Å². The van der Waals surface area contributed by atoms with E-state index in [9.17, 15) is 9.59 Å². The van der Waals surface area contributed by atoms with Gasteiger partial charge in [-0.3, -0.25) is 9.59 Å². The summed E-state index contributed by atoms with van der Waals surface area (Å²) < 4.78 is 0. The number of aryl methyl sites for hydroxylation is 1. The van der Waals surface area contributed by atoms with Gasteiger partial charge in [-0.15, -0.1) is 0 Å². The first-order valence-electron chi connectivity index (χ1n) is 6.61. The minimum atomic E-state index is -0.498. The second kappa shape index (κ2) is 6.15. The van der Waals surface area contributed by atoms with Gasteiger partial charge in [-0.1, -0.05) is 48.0 Å². The summed E-state index contributed by atoms with van der Waals surface area (Å²) in [6.45, 7) is 4.30. The van der Waals surface area contributed by atoms with Crippen LogP contribution in [0.1, 0.15) is 22.8 Å². The van der Waals surface area contributed by atoms with Crippen LogP contribution >= 0.6 is 0 Å². The van der Waals surface area contributed by atoms with E-state index in [1.165, 1.54) is 4.90 Å². The molecule has 0 N–H and O–H groups in total. The Morgan fingerprint density at radius 1 is 0.950 bits per heavy atom. The highest BCUT2D eigenvalue weighted by Gasteiger charge is 2.22. The van der Waals surface area contributed by atoms with Crippen LogP contribution < -0.4 is 4.90 Å². The largest absolute Gasteiger partial charge is 0.306 e. The van der Waals surface area contributed by atoms with Gasteiger partial charge < -0.3 is 4.90 Å². The minimum absolute atomic E-state index is 0.420. The number of likely N-dealkylation sites (N-methyl/N-ethyl adjacent to an activating group) is 1. The molecule has 0 heterocycles. The number of amides is 1. The van der Waals surface area contributed by atoms with Crippen LogP contribution in [0.3, 0.4) is 0 Å². The molecular formula is C17H17NO2. The first-order chi connectivity index (χ1) is 9.63. The third kappa shape index (κ3) is 2.94. The Balaban J connectivity index is 2.26. The molecule has 0 aliphatic carbocycles. The van der Waals surface area contributed by atoms with Crippen molar-refractivity contribution in [2.24, 2.45) is 0 Å². The van der Waals surface area contributed by atoms with Crippen molar-refractivity contribution in [2.75, 3.05) is 11.4 Å². The van der Waals surface area contributed by atoms with Gasteiger partial charge in [0, 0.05) is 17.8 Å². The van der Waals surface area contributed by atoms with Crippen LogP contribution in [0.25, 0.3) is 0 Å². The van der Waals surface area contributed by atoms with Crippen molar-refractivity contribution in [1.29, 1.82) is 0 Å². The summed E-state index contributed by atoms with van der Waals surface area (Å²) in [4.78, 5) is 26.0. The molecule has 0 atom stereocenters. The molecule has 3 nitrogen and oxygen atoms in total. The van der Waals surface area contributed by atoms with E-state index in [4.69, 9.17) is 0 Å². The van der Waals surface area contributed by atoms with Gasteiger partial charge in [-0.05, 0) is 26.0 Å². The molecule has 0 saturated carbocycles. The molecule has 0 bridgehead atoms. The molecule has 2 aromatic rings. The van der Waals surface area contributed by atoms with Crippen LogP contribution in [0.5, 0.6) is 0 Å². The van der Waals surface area contributed by atoms with Crippen LogP contribution in [-0.4, -0.2) is 18.2 Å². The zero-order valence-corrected chi connectivity index (χ0v) is 11.7. The van der Waals surface area contributed by atoms with Crippen LogP contribution in [-0.2, 0) is 4.79 Å². The molecule has 0 aliphatic heterocycles. The van der Waals surface area contributed by atoms with E-state index in [0.717, 1.165) is 11.3 Å². The lowest BCUT2D eigenvalue weighted by molar-refractivity contribution is -0.114. The highest BCUT2D eigenvalue weighted by molar-refractivity contribution is 6.47. The SMILES string of the molecule is CCN(C(=O)C(=O)c1ccccc1)c1ccc(C)cc1. The molecular weight excluding hydrogens is 250 g/mol. The van der Waals surface area contributed by atoms with Crippen molar-refractivity contribution in [1.82, 2.24) is 0 Å². The van der Waals surface area contributed by atoms with Gasteiger partial charge in [0.25, 0.3) is 11.7 Å². The quantitative estimate of drug-likeness (QED) is 0.630. The summed E-state index contributed by atoms with van der Waals surface area (Å²) in [5.74, 6) is -0.976. The highest BCUT2D eigenvalue weighted by atomic mass is 16.2. The molecule has 0 unspecified atom stereocenters. The number of carbonyl (C=O) groups excluding carboxylic acids is 2. The van der Waals surface area contributed by atoms with Gasteiger partial charge >= 0.3 is 0 Å². The summed E-state index contributed by atoms with van der Waals surface area (Å²) >= 11 is 0. The average molecular weight is 267 g/mol. The first kappa shape index (κ1) is 14.0. The number of anilines is 1. The monoisotopic (exact) mass is 267 g/mol. The normalized spacial score (nSPS) is 10.1. The zero-order chi connectivity index (χ0) is 14.5. The Morgan fingerprint density at radius 2 is 1.55 bits per heavy atom. The number of benzene rings is 2. The molecule has 0 aliphatic rings. The molecule has 0 aromatic heterocycles. The lowest BCUT2D eigenvalue weighted by atomic mass is 10.1. The average Bonchev–Trinajstić information content (AvgIpc) is 2.50. The van der Waals surface area contributed by atoms with Crippen molar-refractivity contribution in [3.63, 3.8) is 0 Å². The molecule has 0 spiro atoms. The van der Waals surface area contributed by atoms with Crippen molar-refractivity contribution in [3.8, 4) is 0 Å². The van der Waals surface area contributed by atoms with Gasteiger partial charge in [-0.2, -0.15) is 0 Å². The molecule has 0 saturated heterocycles. The lowest BCUT2D eigenvalue weighted by Gasteiger charge is -2.20. The number of rotatable bonds is 4. The third-order valence-corrected chi connectivity index (χ3v) is 3.14. The Kier molecular flexibility index (Phi) is 4.31. The molecule has 1 amide bonds. The van der Waals surface area contributed by atoms with Crippen molar-refractivity contribution >= 4 is 17.4 Å². The molecule has 2 rings (SSSR count). The Labute approximate surface area is 118 Å². The number of Topliss-reactive ketones (excluding diaryl/α,β-unsaturated/α-hetero) is 1. The Hall–Kier alpha value is -2.42. The second-order valence-corrected chi connectivity index (χ2v) is 4.58. The van der Waals surface area contributed by atoms with E-state index in [-0.39, 0.29) is 0 Å². The summed E-state index contributed by atoms with van der Waals surface area (Å²) in [5, 5.41) is 0. The van der Waals surface area contributed by atoms with E-state index in [1.807, 2.05) is 44.2 Å². The van der Waals surface area contributed by atoms with Crippen LogP contribution in [0.2, 0.25) is 0 Å². The third-order valence-electron chi connectivity index (χ3n) is 3.14. The predicted molar refractivity (Wildman–Crippen MR) is 80.0 cm³/mol. The summed E-state index contributed by atoms with van der Waals surface area (Å²) in [6, 6.07) is 16.2. The maximum absolute atomic E-state index is 12.3. The summed E-state index contributed by atoms with van der Waals surface area (Å²) in [5.41, 5.74) is 2.28. The molecule has 0 radical (unpaired) electrons. The highest BCUT2D eigenvalue weighted by Crippen LogP contribution is 2.16. The fraction of sp³-hybridized carbons (Fsp3) is 0.176.